The molecule has 222 valence electrons. The van der Waals surface area contributed by atoms with Crippen molar-refractivity contribution in [3.8, 4) is 17.2 Å². The zero-order valence-corrected chi connectivity index (χ0v) is 23.1. The molecule has 0 heterocycles. The van der Waals surface area contributed by atoms with Crippen molar-refractivity contribution >= 4 is 36.3 Å². The molecule has 20 heteroatoms. The van der Waals surface area contributed by atoms with Crippen LogP contribution in [0.3, 0.4) is 0 Å². The number of carbonyl (C=O) groups is 1. The van der Waals surface area contributed by atoms with Crippen LogP contribution in [0.25, 0.3) is 10.4 Å². The van der Waals surface area contributed by atoms with Crippen LogP contribution in [0, 0.1) is 0 Å². The Labute approximate surface area is 225 Å². The highest BCUT2D eigenvalue weighted by Crippen LogP contribution is 2.39. The third kappa shape index (κ3) is 16.6. The lowest BCUT2D eigenvalue weighted by atomic mass is 10.1. The summed E-state index contributed by atoms with van der Waals surface area (Å²) in [5, 5.41) is 5.93. The minimum atomic E-state index is -4.28. The summed E-state index contributed by atoms with van der Waals surface area (Å²) in [6.07, 6.45) is -0.123. The molecule has 0 aliphatic heterocycles. The van der Waals surface area contributed by atoms with Gasteiger partial charge >= 0.3 is 0 Å². The molecule has 0 saturated heterocycles. The molecule has 0 radical (unpaired) electrons. The van der Waals surface area contributed by atoms with E-state index in [1.54, 1.807) is 0 Å². The molecule has 0 aliphatic carbocycles. The quantitative estimate of drug-likeness (QED) is 0.0524. The number of amides is 1. The van der Waals surface area contributed by atoms with E-state index in [1.807, 2.05) is 0 Å². The molecule has 0 spiro atoms. The summed E-state index contributed by atoms with van der Waals surface area (Å²) >= 11 is 0. The molecule has 0 fully saturated rings. The van der Waals surface area contributed by atoms with E-state index >= 15 is 0 Å². The molecule has 39 heavy (non-hydrogen) atoms. The summed E-state index contributed by atoms with van der Waals surface area (Å²) in [6, 6.07) is 2.47. The average Bonchev–Trinajstić information content (AvgIpc) is 2.80. The van der Waals surface area contributed by atoms with E-state index in [2.05, 4.69) is 15.3 Å². The van der Waals surface area contributed by atoms with Gasteiger partial charge in [0, 0.05) is 23.6 Å². The number of benzene rings is 1. The summed E-state index contributed by atoms with van der Waals surface area (Å²) in [5.74, 6) is -2.86. The van der Waals surface area contributed by atoms with Crippen molar-refractivity contribution in [1.82, 2.24) is 5.32 Å². The van der Waals surface area contributed by atoms with Gasteiger partial charge in [-0.2, -0.15) is 25.3 Å². The number of ether oxygens (including phenoxy) is 3. The first-order valence-electron chi connectivity index (χ1n) is 11.3. The van der Waals surface area contributed by atoms with Gasteiger partial charge in [-0.3, -0.25) is 18.5 Å². The predicted molar refractivity (Wildman–Crippen MR) is 137 cm³/mol. The first-order chi connectivity index (χ1) is 18.1. The molecular weight excluding hydrogens is 588 g/mol. The standard InChI is InChI=1S/C19H30N4O13S3/c20-23-22-6-1-5-21-19(24)15-13-16(34-7-2-10-37(25,26)27)18(36-9-4-12-39(31,32)33)17(14-15)35-8-3-11-38(28,29)30/h13-14H,1-12H2,(H,21,24)(H,25,26,27)(H,28,29,30)(H,31,32,33). The van der Waals surface area contributed by atoms with Gasteiger partial charge in [0.1, 0.15) is 0 Å². The van der Waals surface area contributed by atoms with Crippen molar-refractivity contribution in [3.63, 3.8) is 0 Å². The molecule has 4 N–H and O–H groups in total. The SMILES string of the molecule is [N-]=[N+]=NCCCNC(=O)c1cc(OCCCS(=O)(=O)O)c(OCCCS(=O)(=O)O)c(OCCCS(=O)(=O)O)c1. The second-order valence-electron chi connectivity index (χ2n) is 7.83. The van der Waals surface area contributed by atoms with Gasteiger partial charge in [-0.25, -0.2) is 0 Å². The maximum atomic E-state index is 12.7. The van der Waals surface area contributed by atoms with E-state index in [0.717, 1.165) is 0 Å². The van der Waals surface area contributed by atoms with E-state index in [9.17, 15) is 30.0 Å². The van der Waals surface area contributed by atoms with E-state index in [1.165, 1.54) is 12.1 Å². The van der Waals surface area contributed by atoms with Crippen LogP contribution in [-0.4, -0.2) is 95.0 Å². The van der Waals surface area contributed by atoms with Crippen LogP contribution in [-0.2, 0) is 30.4 Å². The fourth-order valence-corrected chi connectivity index (χ4v) is 4.27. The molecule has 1 aromatic rings. The van der Waals surface area contributed by atoms with E-state index in [-0.39, 0.29) is 75.0 Å². The molecule has 0 atom stereocenters. The Kier molecular flexibility index (Phi) is 14.3. The molecule has 1 aromatic carbocycles. The first kappa shape index (κ1) is 34.2. The van der Waals surface area contributed by atoms with Gasteiger partial charge in [0.25, 0.3) is 36.3 Å². The fourth-order valence-electron chi connectivity index (χ4n) is 2.83. The van der Waals surface area contributed by atoms with Gasteiger partial charge in [-0.15, -0.1) is 0 Å². The third-order valence-electron chi connectivity index (χ3n) is 4.47. The van der Waals surface area contributed by atoms with Crippen molar-refractivity contribution in [2.45, 2.75) is 25.7 Å². The zero-order chi connectivity index (χ0) is 29.5. The summed E-state index contributed by atoms with van der Waals surface area (Å²) in [7, 11) is -12.8. The van der Waals surface area contributed by atoms with Gasteiger partial charge in [-0.05, 0) is 43.3 Å². The number of hydrogen-bond donors (Lipinski definition) is 4. The number of nitrogens with zero attached hydrogens (tertiary/aromatic N) is 3. The number of azide groups is 1. The Bertz CT molecular complexity index is 1270. The van der Waals surface area contributed by atoms with E-state index < -0.39 is 53.5 Å². The lowest BCUT2D eigenvalue weighted by molar-refractivity contribution is 0.0952. The lowest BCUT2D eigenvalue weighted by Crippen LogP contribution is -2.25. The van der Waals surface area contributed by atoms with Crippen LogP contribution >= 0.6 is 0 Å². The van der Waals surface area contributed by atoms with Crippen LogP contribution in [0.15, 0.2) is 17.2 Å². The molecule has 0 unspecified atom stereocenters. The second kappa shape index (κ2) is 16.3. The predicted octanol–water partition coefficient (Wildman–Crippen LogP) is 1.09. The van der Waals surface area contributed by atoms with Gasteiger partial charge in [0.05, 0.1) is 37.1 Å². The summed E-state index contributed by atoms with van der Waals surface area (Å²) in [4.78, 5) is 15.3. The van der Waals surface area contributed by atoms with E-state index in [0.29, 0.717) is 6.42 Å². The Balaban J connectivity index is 3.24. The number of nitrogens with one attached hydrogen (secondary N) is 1. The van der Waals surface area contributed by atoms with Crippen molar-refractivity contribution in [2.24, 2.45) is 5.11 Å². The topological polar surface area (TPSA) is 269 Å². The maximum Gasteiger partial charge on any atom is 0.264 e. The number of carbonyl (C=O) groups excluding carboxylic acids is 1. The molecular formula is C19H30N4O13S3. The van der Waals surface area contributed by atoms with E-state index in [4.69, 9.17) is 33.4 Å². The molecule has 0 saturated carbocycles. The fraction of sp³-hybridized carbons (Fsp3) is 0.632. The normalized spacial score (nSPS) is 11.9. The van der Waals surface area contributed by atoms with Crippen LogP contribution in [0.1, 0.15) is 36.0 Å². The Morgan fingerprint density at radius 1 is 0.795 bits per heavy atom. The Morgan fingerprint density at radius 3 is 1.64 bits per heavy atom. The monoisotopic (exact) mass is 618 g/mol. The Hall–Kier alpha value is -2.87. The van der Waals surface area contributed by atoms with Crippen molar-refractivity contribution in [3.05, 3.63) is 28.1 Å². The molecule has 0 aromatic heterocycles. The summed E-state index contributed by atoms with van der Waals surface area (Å²) in [5.41, 5.74) is 8.30. The van der Waals surface area contributed by atoms with Crippen LogP contribution in [0.2, 0.25) is 0 Å². The smallest absolute Gasteiger partial charge is 0.264 e. The molecule has 1 amide bonds. The maximum absolute atomic E-state index is 12.7. The Morgan fingerprint density at radius 2 is 1.23 bits per heavy atom. The minimum Gasteiger partial charge on any atom is -0.489 e. The van der Waals surface area contributed by atoms with Gasteiger partial charge in [0.2, 0.25) is 5.75 Å². The van der Waals surface area contributed by atoms with Gasteiger partial charge in [-0.1, -0.05) is 5.11 Å². The van der Waals surface area contributed by atoms with Crippen LogP contribution in [0.5, 0.6) is 17.2 Å². The average molecular weight is 619 g/mol. The highest BCUT2D eigenvalue weighted by Gasteiger charge is 2.20. The highest BCUT2D eigenvalue weighted by atomic mass is 32.2. The number of rotatable bonds is 20. The summed E-state index contributed by atoms with van der Waals surface area (Å²) < 4.78 is 109. The van der Waals surface area contributed by atoms with Crippen molar-refractivity contribution < 1.29 is 57.9 Å². The largest absolute Gasteiger partial charge is 0.489 e. The first-order valence-corrected chi connectivity index (χ1v) is 16.1. The lowest BCUT2D eigenvalue weighted by Gasteiger charge is -2.18. The highest BCUT2D eigenvalue weighted by molar-refractivity contribution is 7.86. The van der Waals surface area contributed by atoms with Crippen LogP contribution in [0.4, 0.5) is 0 Å². The summed E-state index contributed by atoms with van der Waals surface area (Å²) in [6.45, 7) is -0.521. The van der Waals surface area contributed by atoms with Crippen LogP contribution < -0.4 is 19.5 Å². The van der Waals surface area contributed by atoms with Crippen molar-refractivity contribution in [1.29, 1.82) is 0 Å². The van der Waals surface area contributed by atoms with Gasteiger partial charge in [0.15, 0.2) is 11.5 Å². The molecule has 0 aliphatic rings. The zero-order valence-electron chi connectivity index (χ0n) is 20.6. The number of hydrogen-bond acceptors (Lipinski definition) is 11. The van der Waals surface area contributed by atoms with Crippen molar-refractivity contribution in [2.75, 3.05) is 50.2 Å². The third-order valence-corrected chi connectivity index (χ3v) is 6.88. The molecule has 0 bridgehead atoms. The second-order valence-corrected chi connectivity index (χ2v) is 12.5. The molecule has 17 nitrogen and oxygen atoms in total. The minimum absolute atomic E-state index is 0.0152. The van der Waals surface area contributed by atoms with Gasteiger partial charge < -0.3 is 19.5 Å². The molecule has 1 rings (SSSR count).